The third-order valence-corrected chi connectivity index (χ3v) is 5.60. The predicted octanol–water partition coefficient (Wildman–Crippen LogP) is 3.45. The molecule has 33 heavy (non-hydrogen) atoms. The molecule has 3 aromatic carbocycles. The van der Waals surface area contributed by atoms with Crippen LogP contribution in [-0.4, -0.2) is 47.5 Å². The predicted molar refractivity (Wildman–Crippen MR) is 123 cm³/mol. The van der Waals surface area contributed by atoms with Gasteiger partial charge in [0.25, 0.3) is 0 Å². The topological polar surface area (TPSA) is 77.4 Å². The van der Waals surface area contributed by atoms with Crippen molar-refractivity contribution in [3.63, 3.8) is 0 Å². The van der Waals surface area contributed by atoms with E-state index < -0.39 is 30.7 Å². The molecule has 4 rings (SSSR count). The standard InChI is InChI=1S/C27H30O6/c28-24-25(31-17-21-12-6-2-7-13-21)23(19-30-16-20-10-4-1-5-11-20)33-27(29)26(24)32-18-22-14-8-3-9-15-22/h1-15,23-29H,16-19H2/t23-,24-,25-,26+,27+/m1/s1. The zero-order chi connectivity index (χ0) is 22.9. The van der Waals surface area contributed by atoms with E-state index in [0.29, 0.717) is 13.2 Å². The Kier molecular flexibility index (Phi) is 8.60. The molecule has 1 aliphatic heterocycles. The molecule has 0 bridgehead atoms. The first-order chi connectivity index (χ1) is 16.2. The maximum atomic E-state index is 11.1. The van der Waals surface area contributed by atoms with Crippen molar-refractivity contribution in [3.8, 4) is 0 Å². The van der Waals surface area contributed by atoms with Gasteiger partial charge in [0.2, 0.25) is 0 Å². The molecular weight excluding hydrogens is 420 g/mol. The second kappa shape index (κ2) is 12.0. The van der Waals surface area contributed by atoms with Crippen LogP contribution in [-0.2, 0) is 38.8 Å². The van der Waals surface area contributed by atoms with E-state index >= 15 is 0 Å². The second-order valence-electron chi connectivity index (χ2n) is 8.08. The Bertz CT molecular complexity index is 935. The Morgan fingerprint density at radius 1 is 0.606 bits per heavy atom. The van der Waals surface area contributed by atoms with Gasteiger partial charge < -0.3 is 29.2 Å². The first kappa shape index (κ1) is 23.6. The molecule has 0 amide bonds. The fraction of sp³-hybridized carbons (Fsp3) is 0.333. The van der Waals surface area contributed by atoms with Crippen molar-refractivity contribution in [2.24, 2.45) is 0 Å². The van der Waals surface area contributed by atoms with Crippen molar-refractivity contribution in [1.29, 1.82) is 0 Å². The van der Waals surface area contributed by atoms with Crippen LogP contribution in [0, 0.1) is 0 Å². The number of rotatable bonds is 10. The highest BCUT2D eigenvalue weighted by Crippen LogP contribution is 2.27. The van der Waals surface area contributed by atoms with Crippen LogP contribution < -0.4 is 0 Å². The molecule has 1 aliphatic rings. The van der Waals surface area contributed by atoms with Crippen LogP contribution in [0.5, 0.6) is 0 Å². The van der Waals surface area contributed by atoms with Crippen LogP contribution in [0.15, 0.2) is 91.0 Å². The normalized spacial score (nSPS) is 25.1. The molecule has 5 atom stereocenters. The highest BCUT2D eigenvalue weighted by molar-refractivity contribution is 5.15. The highest BCUT2D eigenvalue weighted by Gasteiger charge is 2.46. The third-order valence-electron chi connectivity index (χ3n) is 5.60. The Morgan fingerprint density at radius 2 is 1.06 bits per heavy atom. The van der Waals surface area contributed by atoms with Crippen molar-refractivity contribution in [1.82, 2.24) is 0 Å². The van der Waals surface area contributed by atoms with Gasteiger partial charge in [-0.05, 0) is 16.7 Å². The quantitative estimate of drug-likeness (QED) is 0.493. The van der Waals surface area contributed by atoms with E-state index in [0.717, 1.165) is 16.7 Å². The summed E-state index contributed by atoms with van der Waals surface area (Å²) in [6, 6.07) is 29.1. The van der Waals surface area contributed by atoms with Gasteiger partial charge in [0, 0.05) is 0 Å². The minimum Gasteiger partial charge on any atom is -0.387 e. The van der Waals surface area contributed by atoms with Crippen LogP contribution >= 0.6 is 0 Å². The highest BCUT2D eigenvalue weighted by atomic mass is 16.7. The first-order valence-corrected chi connectivity index (χ1v) is 11.1. The van der Waals surface area contributed by atoms with Gasteiger partial charge in [0.15, 0.2) is 6.29 Å². The van der Waals surface area contributed by atoms with Crippen LogP contribution in [0.3, 0.4) is 0 Å². The van der Waals surface area contributed by atoms with Gasteiger partial charge in [-0.1, -0.05) is 91.0 Å². The van der Waals surface area contributed by atoms with Gasteiger partial charge in [-0.15, -0.1) is 0 Å². The molecule has 0 unspecified atom stereocenters. The number of aliphatic hydroxyl groups is 2. The molecule has 0 saturated carbocycles. The van der Waals surface area contributed by atoms with E-state index in [1.54, 1.807) is 0 Å². The Hall–Kier alpha value is -2.58. The molecule has 0 aliphatic carbocycles. The van der Waals surface area contributed by atoms with Gasteiger partial charge in [0.05, 0.1) is 26.4 Å². The molecule has 0 radical (unpaired) electrons. The lowest BCUT2D eigenvalue weighted by molar-refractivity contribution is -0.308. The van der Waals surface area contributed by atoms with Crippen molar-refractivity contribution in [2.75, 3.05) is 6.61 Å². The van der Waals surface area contributed by atoms with Gasteiger partial charge in [0.1, 0.15) is 24.4 Å². The molecule has 0 spiro atoms. The second-order valence-corrected chi connectivity index (χ2v) is 8.08. The fourth-order valence-electron chi connectivity index (χ4n) is 3.83. The summed E-state index contributed by atoms with van der Waals surface area (Å²) in [6.45, 7) is 1.09. The minimum atomic E-state index is -1.30. The number of hydrogen-bond acceptors (Lipinski definition) is 6. The number of hydrogen-bond donors (Lipinski definition) is 2. The van der Waals surface area contributed by atoms with Gasteiger partial charge in [-0.25, -0.2) is 0 Å². The molecule has 1 saturated heterocycles. The van der Waals surface area contributed by atoms with Crippen LogP contribution in [0.2, 0.25) is 0 Å². The van der Waals surface area contributed by atoms with Crippen molar-refractivity contribution in [3.05, 3.63) is 108 Å². The lowest BCUT2D eigenvalue weighted by Crippen LogP contribution is -2.60. The van der Waals surface area contributed by atoms with E-state index in [9.17, 15) is 10.2 Å². The number of aliphatic hydroxyl groups excluding tert-OH is 2. The molecule has 1 heterocycles. The van der Waals surface area contributed by atoms with E-state index in [1.165, 1.54) is 0 Å². The summed E-state index contributed by atoms with van der Waals surface area (Å²) in [5.41, 5.74) is 2.94. The maximum absolute atomic E-state index is 11.1. The van der Waals surface area contributed by atoms with Gasteiger partial charge >= 0.3 is 0 Å². The molecule has 2 N–H and O–H groups in total. The molecule has 6 nitrogen and oxygen atoms in total. The minimum absolute atomic E-state index is 0.161. The molecule has 3 aromatic rings. The average Bonchev–Trinajstić information content (AvgIpc) is 2.85. The molecule has 1 fully saturated rings. The number of ether oxygens (including phenoxy) is 4. The average molecular weight is 451 g/mol. The number of benzene rings is 3. The van der Waals surface area contributed by atoms with Crippen molar-refractivity contribution >= 4 is 0 Å². The molecule has 0 aromatic heterocycles. The molecular formula is C27H30O6. The summed E-state index contributed by atoms with van der Waals surface area (Å²) in [5, 5.41) is 21.7. The molecule has 6 heteroatoms. The smallest absolute Gasteiger partial charge is 0.184 e. The summed E-state index contributed by atoms with van der Waals surface area (Å²) < 4.78 is 23.6. The zero-order valence-electron chi connectivity index (χ0n) is 18.4. The van der Waals surface area contributed by atoms with E-state index in [2.05, 4.69) is 0 Å². The Balaban J connectivity index is 1.41. The molecule has 174 valence electrons. The summed E-state index contributed by atoms with van der Waals surface area (Å²) in [7, 11) is 0. The summed E-state index contributed by atoms with van der Waals surface area (Å²) in [6.07, 6.45) is -4.72. The summed E-state index contributed by atoms with van der Waals surface area (Å²) in [4.78, 5) is 0. The largest absolute Gasteiger partial charge is 0.387 e. The van der Waals surface area contributed by atoms with Crippen molar-refractivity contribution < 1.29 is 29.2 Å². The van der Waals surface area contributed by atoms with Crippen LogP contribution in [0.1, 0.15) is 16.7 Å². The summed E-state index contributed by atoms with van der Waals surface area (Å²) in [5.74, 6) is 0. The SMILES string of the molecule is O[C@H]1[C@H](OCc2ccccc2)[C@@H](O)O[C@H](COCc2ccccc2)[C@H]1OCc1ccccc1. The van der Waals surface area contributed by atoms with E-state index in [4.69, 9.17) is 18.9 Å². The lowest BCUT2D eigenvalue weighted by atomic mass is 9.98. The van der Waals surface area contributed by atoms with Crippen LogP contribution in [0.4, 0.5) is 0 Å². The summed E-state index contributed by atoms with van der Waals surface area (Å²) >= 11 is 0. The monoisotopic (exact) mass is 450 g/mol. The Morgan fingerprint density at radius 3 is 1.58 bits per heavy atom. The third kappa shape index (κ3) is 6.71. The Labute approximate surface area is 194 Å². The van der Waals surface area contributed by atoms with Crippen molar-refractivity contribution in [2.45, 2.75) is 50.5 Å². The zero-order valence-corrected chi connectivity index (χ0v) is 18.4. The maximum Gasteiger partial charge on any atom is 0.184 e. The first-order valence-electron chi connectivity index (χ1n) is 11.1. The van der Waals surface area contributed by atoms with Gasteiger partial charge in [-0.3, -0.25) is 0 Å². The fourth-order valence-corrected chi connectivity index (χ4v) is 3.83. The lowest BCUT2D eigenvalue weighted by Gasteiger charge is -2.42. The van der Waals surface area contributed by atoms with Gasteiger partial charge in [-0.2, -0.15) is 0 Å². The van der Waals surface area contributed by atoms with E-state index in [1.807, 2.05) is 91.0 Å². The van der Waals surface area contributed by atoms with E-state index in [-0.39, 0.29) is 13.2 Å². The van der Waals surface area contributed by atoms with Crippen LogP contribution in [0.25, 0.3) is 0 Å².